The summed E-state index contributed by atoms with van der Waals surface area (Å²) in [6.45, 7) is 0. The lowest BCUT2D eigenvalue weighted by Gasteiger charge is -2.20. The highest BCUT2D eigenvalue weighted by atomic mass is 79.9. The zero-order chi connectivity index (χ0) is 20.5. The second-order valence-electron chi connectivity index (χ2n) is 7.92. The number of halogens is 2. The van der Waals surface area contributed by atoms with E-state index >= 15 is 0 Å². The standard InChI is InChI=1S/C14H10Br2.C14H12/c15-11-3-5-13-9(7-11)1-2-10-8-12(16)4-6-14(10)13;1-3-7-13-11(5-1)9-10-12-6-2-4-8-14(12)13/h3-8H,1-2H2;1-8H,9-10H2. The monoisotopic (exact) mass is 516 g/mol. The maximum atomic E-state index is 3.53. The first-order valence-electron chi connectivity index (χ1n) is 10.4. The van der Waals surface area contributed by atoms with Crippen LogP contribution in [-0.2, 0) is 25.7 Å². The number of fused-ring (bicyclic) bond motifs is 6. The largest absolute Gasteiger partial charge is 0.0620 e. The van der Waals surface area contributed by atoms with Gasteiger partial charge in [-0.05, 0) is 94.5 Å². The van der Waals surface area contributed by atoms with Crippen molar-refractivity contribution in [3.05, 3.63) is 116 Å². The van der Waals surface area contributed by atoms with E-state index in [1.165, 1.54) is 66.3 Å². The number of rotatable bonds is 0. The van der Waals surface area contributed by atoms with Gasteiger partial charge in [-0.15, -0.1) is 0 Å². The lowest BCUT2D eigenvalue weighted by molar-refractivity contribution is 0.939. The first-order chi connectivity index (χ1) is 14.7. The Morgan fingerprint density at radius 1 is 0.400 bits per heavy atom. The summed E-state index contributed by atoms with van der Waals surface area (Å²) in [6.07, 6.45) is 4.65. The Morgan fingerprint density at radius 2 is 0.767 bits per heavy atom. The molecule has 6 rings (SSSR count). The van der Waals surface area contributed by atoms with E-state index in [9.17, 15) is 0 Å². The van der Waals surface area contributed by atoms with Crippen molar-refractivity contribution >= 4 is 31.9 Å². The molecule has 0 N–H and O–H groups in total. The maximum Gasteiger partial charge on any atom is 0.0178 e. The molecule has 0 radical (unpaired) electrons. The van der Waals surface area contributed by atoms with E-state index in [-0.39, 0.29) is 0 Å². The number of hydrogen-bond donors (Lipinski definition) is 0. The molecule has 0 unspecified atom stereocenters. The third-order valence-corrected chi connectivity index (χ3v) is 7.06. The summed E-state index contributed by atoms with van der Waals surface area (Å²) in [4.78, 5) is 0. The van der Waals surface area contributed by atoms with Gasteiger partial charge in [0.05, 0.1) is 0 Å². The average molecular weight is 518 g/mol. The molecule has 148 valence electrons. The van der Waals surface area contributed by atoms with Crippen LogP contribution in [0.3, 0.4) is 0 Å². The molecule has 0 amide bonds. The summed E-state index contributed by atoms with van der Waals surface area (Å²) < 4.78 is 2.35. The van der Waals surface area contributed by atoms with Crippen molar-refractivity contribution in [2.24, 2.45) is 0 Å². The highest BCUT2D eigenvalue weighted by molar-refractivity contribution is 9.10. The lowest BCUT2D eigenvalue weighted by Crippen LogP contribution is -2.03. The van der Waals surface area contributed by atoms with Crippen LogP contribution in [0.5, 0.6) is 0 Å². The van der Waals surface area contributed by atoms with Gasteiger partial charge in [-0.2, -0.15) is 0 Å². The van der Waals surface area contributed by atoms with Gasteiger partial charge < -0.3 is 0 Å². The van der Waals surface area contributed by atoms with E-state index < -0.39 is 0 Å². The summed E-state index contributed by atoms with van der Waals surface area (Å²) >= 11 is 7.07. The SMILES string of the molecule is Brc1ccc2c(c1)CCc1cc(Br)ccc1-2.c1ccc2c(c1)CCc1ccccc1-2. The zero-order valence-electron chi connectivity index (χ0n) is 16.7. The van der Waals surface area contributed by atoms with Gasteiger partial charge in [-0.1, -0.05) is 92.5 Å². The van der Waals surface area contributed by atoms with Crippen molar-refractivity contribution in [3.8, 4) is 22.3 Å². The third-order valence-electron chi connectivity index (χ3n) is 6.08. The van der Waals surface area contributed by atoms with Gasteiger partial charge in [0.1, 0.15) is 0 Å². The van der Waals surface area contributed by atoms with Gasteiger partial charge in [-0.3, -0.25) is 0 Å². The quantitative estimate of drug-likeness (QED) is 0.219. The van der Waals surface area contributed by atoms with Gasteiger partial charge in [0.2, 0.25) is 0 Å². The fourth-order valence-electron chi connectivity index (χ4n) is 4.60. The van der Waals surface area contributed by atoms with Gasteiger partial charge in [-0.25, -0.2) is 0 Å². The van der Waals surface area contributed by atoms with Crippen molar-refractivity contribution in [1.82, 2.24) is 0 Å². The molecule has 2 aliphatic carbocycles. The van der Waals surface area contributed by atoms with E-state index in [1.807, 2.05) is 0 Å². The first kappa shape index (κ1) is 19.8. The molecule has 0 heterocycles. The van der Waals surface area contributed by atoms with E-state index in [1.54, 1.807) is 0 Å². The van der Waals surface area contributed by atoms with Crippen molar-refractivity contribution in [2.45, 2.75) is 25.7 Å². The molecule has 2 aliphatic rings. The highest BCUT2D eigenvalue weighted by Gasteiger charge is 2.16. The molecule has 0 aliphatic heterocycles. The van der Waals surface area contributed by atoms with Crippen LogP contribution in [0.25, 0.3) is 22.3 Å². The molecule has 0 nitrogen and oxygen atoms in total. The topological polar surface area (TPSA) is 0 Å². The van der Waals surface area contributed by atoms with E-state index in [2.05, 4.69) is 117 Å². The Morgan fingerprint density at radius 3 is 1.23 bits per heavy atom. The summed E-state index contributed by atoms with van der Waals surface area (Å²) in [6, 6.07) is 30.6. The van der Waals surface area contributed by atoms with Gasteiger partial charge in [0, 0.05) is 8.95 Å². The van der Waals surface area contributed by atoms with Crippen LogP contribution in [0.1, 0.15) is 22.3 Å². The van der Waals surface area contributed by atoms with Crippen LogP contribution in [0, 0.1) is 0 Å². The number of benzene rings is 4. The summed E-state index contributed by atoms with van der Waals surface area (Å²) in [5, 5.41) is 0. The molecule has 30 heavy (non-hydrogen) atoms. The van der Waals surface area contributed by atoms with Crippen LogP contribution in [0.15, 0.2) is 93.9 Å². The van der Waals surface area contributed by atoms with Crippen molar-refractivity contribution in [3.63, 3.8) is 0 Å². The predicted molar refractivity (Wildman–Crippen MR) is 134 cm³/mol. The molecule has 4 aromatic rings. The summed E-state index contributed by atoms with van der Waals surface area (Å²) in [5.41, 5.74) is 11.5. The molecule has 0 saturated carbocycles. The molecular formula is C28H22Br2. The second kappa shape index (κ2) is 8.53. The van der Waals surface area contributed by atoms with Crippen LogP contribution < -0.4 is 0 Å². The van der Waals surface area contributed by atoms with E-state index in [0.717, 1.165) is 12.8 Å². The fourth-order valence-corrected chi connectivity index (χ4v) is 5.42. The molecule has 0 saturated heterocycles. The molecule has 0 fully saturated rings. The van der Waals surface area contributed by atoms with Crippen molar-refractivity contribution in [1.29, 1.82) is 0 Å². The Labute approximate surface area is 195 Å². The highest BCUT2D eigenvalue weighted by Crippen LogP contribution is 2.36. The minimum Gasteiger partial charge on any atom is -0.0620 e. The average Bonchev–Trinajstić information content (AvgIpc) is 2.79. The summed E-state index contributed by atoms with van der Waals surface area (Å²) in [5.74, 6) is 0. The number of hydrogen-bond acceptors (Lipinski definition) is 0. The predicted octanol–water partition coefficient (Wildman–Crippen LogP) is 8.43. The van der Waals surface area contributed by atoms with Crippen molar-refractivity contribution < 1.29 is 0 Å². The van der Waals surface area contributed by atoms with Gasteiger partial charge in [0.15, 0.2) is 0 Å². The fraction of sp³-hybridized carbons (Fsp3) is 0.143. The normalized spacial score (nSPS) is 13.1. The minimum atomic E-state index is 1.14. The first-order valence-corrected chi connectivity index (χ1v) is 12.0. The van der Waals surface area contributed by atoms with E-state index in [0.29, 0.717) is 0 Å². The lowest BCUT2D eigenvalue weighted by atomic mass is 9.86. The Balaban J connectivity index is 0.000000130. The van der Waals surface area contributed by atoms with Crippen molar-refractivity contribution in [2.75, 3.05) is 0 Å². The molecule has 0 spiro atoms. The zero-order valence-corrected chi connectivity index (χ0v) is 19.8. The molecule has 0 atom stereocenters. The van der Waals surface area contributed by atoms with Gasteiger partial charge in [0.25, 0.3) is 0 Å². The molecular weight excluding hydrogens is 496 g/mol. The molecule has 2 heteroatoms. The van der Waals surface area contributed by atoms with Crippen LogP contribution in [0.2, 0.25) is 0 Å². The van der Waals surface area contributed by atoms with Crippen LogP contribution in [-0.4, -0.2) is 0 Å². The van der Waals surface area contributed by atoms with Crippen LogP contribution in [0.4, 0.5) is 0 Å². The Bertz CT molecular complexity index is 1130. The van der Waals surface area contributed by atoms with Crippen LogP contribution >= 0.6 is 31.9 Å². The molecule has 4 aromatic carbocycles. The second-order valence-corrected chi connectivity index (χ2v) is 9.75. The van der Waals surface area contributed by atoms with E-state index in [4.69, 9.17) is 0 Å². The Hall–Kier alpha value is -2.16. The minimum absolute atomic E-state index is 1.14. The smallest absolute Gasteiger partial charge is 0.0178 e. The number of aryl methyl sites for hydroxylation is 4. The molecule has 0 bridgehead atoms. The van der Waals surface area contributed by atoms with Gasteiger partial charge >= 0.3 is 0 Å². The maximum absolute atomic E-state index is 3.53. The summed E-state index contributed by atoms with van der Waals surface area (Å²) in [7, 11) is 0. The third kappa shape index (κ3) is 3.91. The molecule has 0 aromatic heterocycles. The Kier molecular flexibility index (Phi) is 5.62.